The fourth-order valence-electron chi connectivity index (χ4n) is 4.04. The van der Waals surface area contributed by atoms with Crippen molar-refractivity contribution < 1.29 is 9.59 Å². The third-order valence-electron chi connectivity index (χ3n) is 5.86. The number of amides is 2. The molecule has 2 amide bonds. The lowest BCUT2D eigenvalue weighted by molar-refractivity contribution is -0.121. The van der Waals surface area contributed by atoms with Crippen LogP contribution in [0.4, 0.5) is 5.82 Å². The van der Waals surface area contributed by atoms with Gasteiger partial charge >= 0.3 is 0 Å². The molecule has 9 heteroatoms. The molecular weight excluding hydrogens is 438 g/mol. The number of carbonyl (C=O) groups excluding carboxylic acids is 2. The van der Waals surface area contributed by atoms with Gasteiger partial charge in [0, 0.05) is 37.3 Å². The highest BCUT2D eigenvalue weighted by Gasteiger charge is 2.28. The number of rotatable bonds is 5. The number of likely N-dealkylation sites (tertiary alicyclic amines) is 1. The number of anilines is 1. The average molecular weight is 464 g/mol. The van der Waals surface area contributed by atoms with Crippen LogP contribution in [0.25, 0.3) is 10.9 Å². The Kier molecular flexibility index (Phi) is 6.50. The van der Waals surface area contributed by atoms with Crippen LogP contribution in [0.2, 0.25) is 0 Å². The first kappa shape index (κ1) is 22.6. The van der Waals surface area contributed by atoms with Gasteiger partial charge in [0.1, 0.15) is 5.82 Å². The van der Waals surface area contributed by atoms with Crippen molar-refractivity contribution in [2.24, 2.45) is 5.92 Å². The number of pyridine rings is 1. The van der Waals surface area contributed by atoms with Gasteiger partial charge in [-0.2, -0.15) is 0 Å². The minimum atomic E-state index is -0.220. The van der Waals surface area contributed by atoms with Gasteiger partial charge in [0.05, 0.1) is 10.9 Å². The van der Waals surface area contributed by atoms with Crippen molar-refractivity contribution in [3.05, 3.63) is 75.4 Å². The third-order valence-corrected chi connectivity index (χ3v) is 6.18. The maximum Gasteiger partial charge on any atom is 0.262 e. The van der Waals surface area contributed by atoms with E-state index in [2.05, 4.69) is 21.9 Å². The van der Waals surface area contributed by atoms with Crippen LogP contribution in [-0.2, 0) is 11.3 Å². The molecule has 0 bridgehead atoms. The van der Waals surface area contributed by atoms with Crippen LogP contribution >= 0.6 is 12.2 Å². The number of aromatic amines is 1. The van der Waals surface area contributed by atoms with Crippen LogP contribution < -0.4 is 10.9 Å². The molecule has 3 aromatic rings. The van der Waals surface area contributed by atoms with E-state index in [1.807, 2.05) is 19.1 Å². The molecule has 1 aromatic carbocycles. The van der Waals surface area contributed by atoms with E-state index in [0.29, 0.717) is 54.8 Å². The summed E-state index contributed by atoms with van der Waals surface area (Å²) in [7, 11) is 0. The van der Waals surface area contributed by atoms with Crippen molar-refractivity contribution in [2.45, 2.75) is 26.3 Å². The van der Waals surface area contributed by atoms with E-state index < -0.39 is 0 Å². The molecule has 0 unspecified atom stereocenters. The lowest BCUT2D eigenvalue weighted by Crippen LogP contribution is -2.41. The molecule has 8 nitrogen and oxygen atoms in total. The lowest BCUT2D eigenvalue weighted by atomic mass is 9.95. The Morgan fingerprint density at radius 1 is 1.27 bits per heavy atom. The summed E-state index contributed by atoms with van der Waals surface area (Å²) in [6.07, 6.45) is 4.42. The molecule has 33 heavy (non-hydrogen) atoms. The summed E-state index contributed by atoms with van der Waals surface area (Å²) < 4.78 is 1.71. The average Bonchev–Trinajstić information content (AvgIpc) is 2.81. The molecule has 0 atom stereocenters. The summed E-state index contributed by atoms with van der Waals surface area (Å²) in [5, 5.41) is 3.33. The highest BCUT2D eigenvalue weighted by atomic mass is 32.1. The Balaban J connectivity index is 1.44. The Morgan fingerprint density at radius 2 is 2.03 bits per heavy atom. The predicted octanol–water partition coefficient (Wildman–Crippen LogP) is 3.44. The van der Waals surface area contributed by atoms with E-state index in [1.54, 1.807) is 35.4 Å². The number of aryl methyl sites for hydroxylation is 1. The van der Waals surface area contributed by atoms with Crippen molar-refractivity contribution in [3.8, 4) is 0 Å². The van der Waals surface area contributed by atoms with E-state index in [1.165, 1.54) is 4.57 Å². The van der Waals surface area contributed by atoms with Gasteiger partial charge in [0.15, 0.2) is 4.77 Å². The largest absolute Gasteiger partial charge is 0.339 e. The van der Waals surface area contributed by atoms with Crippen molar-refractivity contribution in [1.29, 1.82) is 0 Å². The molecule has 170 valence electrons. The number of benzene rings is 1. The molecule has 1 fully saturated rings. The van der Waals surface area contributed by atoms with E-state index >= 15 is 0 Å². The summed E-state index contributed by atoms with van der Waals surface area (Å²) in [6.45, 7) is 6.86. The molecule has 1 saturated heterocycles. The highest BCUT2D eigenvalue weighted by Crippen LogP contribution is 2.22. The Bertz CT molecular complexity index is 1350. The van der Waals surface area contributed by atoms with E-state index in [9.17, 15) is 14.4 Å². The van der Waals surface area contributed by atoms with Crippen LogP contribution in [0.5, 0.6) is 0 Å². The molecular formula is C24H25N5O3S. The van der Waals surface area contributed by atoms with E-state index in [-0.39, 0.29) is 28.1 Å². The van der Waals surface area contributed by atoms with Crippen molar-refractivity contribution in [3.63, 3.8) is 0 Å². The summed E-state index contributed by atoms with van der Waals surface area (Å²) in [5.74, 6) is 0.159. The second-order valence-corrected chi connectivity index (χ2v) is 8.56. The molecule has 2 aromatic heterocycles. The van der Waals surface area contributed by atoms with Gasteiger partial charge in [-0.05, 0) is 67.9 Å². The SMILES string of the molecule is C=CCn1c(=S)[nH]c2cc(C(=O)N3CCC(C(=O)Nc4cc(C)ccn4)CC3)ccc2c1=O. The maximum atomic E-state index is 13.1. The van der Waals surface area contributed by atoms with Gasteiger partial charge in [-0.15, -0.1) is 6.58 Å². The molecule has 2 N–H and O–H groups in total. The zero-order valence-corrected chi connectivity index (χ0v) is 19.2. The first-order valence-electron chi connectivity index (χ1n) is 10.8. The molecule has 1 aliphatic rings. The molecule has 0 aliphatic carbocycles. The minimum absolute atomic E-state index is 0.0747. The zero-order valence-electron chi connectivity index (χ0n) is 18.3. The zero-order chi connectivity index (χ0) is 23.5. The Labute approximate surface area is 196 Å². The van der Waals surface area contributed by atoms with Crippen LogP contribution in [0.3, 0.4) is 0 Å². The topological polar surface area (TPSA) is 100 Å². The summed E-state index contributed by atoms with van der Waals surface area (Å²) >= 11 is 5.28. The minimum Gasteiger partial charge on any atom is -0.339 e. The molecule has 1 aliphatic heterocycles. The fourth-order valence-corrected chi connectivity index (χ4v) is 4.31. The first-order chi connectivity index (χ1) is 15.9. The van der Waals surface area contributed by atoms with E-state index in [4.69, 9.17) is 12.2 Å². The van der Waals surface area contributed by atoms with Crippen molar-refractivity contribution in [2.75, 3.05) is 18.4 Å². The Morgan fingerprint density at radius 3 is 2.73 bits per heavy atom. The highest BCUT2D eigenvalue weighted by molar-refractivity contribution is 7.71. The molecule has 0 saturated carbocycles. The number of H-pyrrole nitrogens is 1. The van der Waals surface area contributed by atoms with Crippen LogP contribution in [-0.4, -0.2) is 44.3 Å². The third kappa shape index (κ3) is 4.78. The lowest BCUT2D eigenvalue weighted by Gasteiger charge is -2.31. The summed E-state index contributed by atoms with van der Waals surface area (Å²) in [4.78, 5) is 47.3. The van der Waals surface area contributed by atoms with Crippen LogP contribution in [0.1, 0.15) is 28.8 Å². The standard InChI is InChI=1S/C24H25N5O3S/c1-3-10-29-23(32)18-5-4-17(14-19(18)26-24(29)33)22(31)28-11-7-16(8-12-28)21(30)27-20-13-15(2)6-9-25-20/h3-6,9,13-14,16H,1,7-8,10-12H2,2H3,(H,26,33)(H,25,27,30). The quantitative estimate of drug-likeness (QED) is 0.446. The second kappa shape index (κ2) is 9.50. The smallest absolute Gasteiger partial charge is 0.262 e. The van der Waals surface area contributed by atoms with Gasteiger partial charge in [-0.25, -0.2) is 4.98 Å². The number of piperidine rings is 1. The van der Waals surface area contributed by atoms with Crippen LogP contribution in [0, 0.1) is 17.6 Å². The number of aromatic nitrogens is 3. The van der Waals surface area contributed by atoms with Gasteiger partial charge in [-0.3, -0.25) is 19.0 Å². The van der Waals surface area contributed by atoms with Crippen molar-refractivity contribution in [1.82, 2.24) is 19.4 Å². The number of hydrogen-bond acceptors (Lipinski definition) is 5. The summed E-state index contributed by atoms with van der Waals surface area (Å²) in [5.41, 5.74) is 1.80. The molecule has 3 heterocycles. The molecule has 0 spiro atoms. The van der Waals surface area contributed by atoms with Gasteiger partial charge in [0.2, 0.25) is 5.91 Å². The maximum absolute atomic E-state index is 13.1. The number of hydrogen-bond donors (Lipinski definition) is 2. The summed E-state index contributed by atoms with van der Waals surface area (Å²) in [6, 6.07) is 8.66. The number of nitrogens with zero attached hydrogens (tertiary/aromatic N) is 3. The van der Waals surface area contributed by atoms with E-state index in [0.717, 1.165) is 5.56 Å². The molecule has 0 radical (unpaired) electrons. The number of carbonyl (C=O) groups is 2. The van der Waals surface area contributed by atoms with Crippen molar-refractivity contribution >= 4 is 40.8 Å². The van der Waals surface area contributed by atoms with Gasteiger partial charge in [-0.1, -0.05) is 6.08 Å². The molecule has 4 rings (SSSR count). The second-order valence-electron chi connectivity index (χ2n) is 8.17. The van der Waals surface area contributed by atoms with Crippen LogP contribution in [0.15, 0.2) is 54.0 Å². The number of nitrogens with one attached hydrogen (secondary N) is 2. The Hall–Kier alpha value is -3.59. The monoisotopic (exact) mass is 463 g/mol. The predicted molar refractivity (Wildman–Crippen MR) is 130 cm³/mol. The number of fused-ring (bicyclic) bond motifs is 1. The first-order valence-corrected chi connectivity index (χ1v) is 11.2. The fraction of sp³-hybridized carbons (Fsp3) is 0.292. The van der Waals surface area contributed by atoms with Gasteiger partial charge < -0.3 is 15.2 Å². The van der Waals surface area contributed by atoms with Gasteiger partial charge in [0.25, 0.3) is 11.5 Å². The number of allylic oxidation sites excluding steroid dienone is 1. The normalized spacial score (nSPS) is 14.3.